The summed E-state index contributed by atoms with van der Waals surface area (Å²) >= 11 is 0. The summed E-state index contributed by atoms with van der Waals surface area (Å²) in [6.07, 6.45) is 0. The van der Waals surface area contributed by atoms with Gasteiger partial charge >= 0.3 is 0 Å². The van der Waals surface area contributed by atoms with E-state index >= 15 is 0 Å². The van der Waals surface area contributed by atoms with E-state index in [1.54, 1.807) is 0 Å². The van der Waals surface area contributed by atoms with Crippen LogP contribution in [-0.2, 0) is 0 Å². The Morgan fingerprint density at radius 3 is 1.08 bits per heavy atom. The first-order valence-corrected chi connectivity index (χ1v) is 34.4. The third-order valence-corrected chi connectivity index (χ3v) is 21.6. The van der Waals surface area contributed by atoms with Gasteiger partial charge in [-0.2, -0.15) is 0 Å². The zero-order chi connectivity index (χ0) is 64.8. The van der Waals surface area contributed by atoms with Gasteiger partial charge in [0.1, 0.15) is 0 Å². The number of hydrogen-bond acceptors (Lipinski definition) is 0. The fourth-order valence-corrected chi connectivity index (χ4v) is 17.2. The van der Waals surface area contributed by atoms with E-state index in [0.29, 0.717) is 0 Å². The van der Waals surface area contributed by atoms with Crippen molar-refractivity contribution >= 4 is 108 Å². The molecule has 0 fully saturated rings. The van der Waals surface area contributed by atoms with Gasteiger partial charge in [0.15, 0.2) is 0 Å². The standard InChI is InChI=1S/C56H34.C42H25N/c1-3-12-39-30-43(26-24-35(39)10-1)54-49-17-7-8-18-50(49)56(44-27-25-36-11-2-4-13-40(36)31-44)53-33-41(28-29-51(53)54)37-20-22-38(23-21-37)45-32-42-14-9-19-48-46-15-5-6-16-47(46)52(34-45)55(42)48;1-2-14-33-31(12-1)34-18-9-10-27-24-28(25-38(33)40(27)34)26-20-22-29(23-21-26)43-39-19-8-7-17-37(39)41-35-15-5-3-11-30(35)32-13-4-6-16-36(32)42(41)43/h1-34H;1-25H. The Balaban J connectivity index is 0.000000135. The van der Waals surface area contributed by atoms with Crippen LogP contribution in [-0.4, -0.2) is 4.57 Å². The van der Waals surface area contributed by atoms with Crippen molar-refractivity contribution < 1.29 is 0 Å². The van der Waals surface area contributed by atoms with Crippen LogP contribution in [0.4, 0.5) is 0 Å². The molecular formula is C98H59N. The number of rotatable bonds is 6. The number of fused-ring (bicyclic) bond motifs is 18. The van der Waals surface area contributed by atoms with Crippen LogP contribution in [0.25, 0.3) is 214 Å². The predicted octanol–water partition coefficient (Wildman–Crippen LogP) is 27.3. The van der Waals surface area contributed by atoms with Gasteiger partial charge in [-0.25, -0.2) is 0 Å². The molecule has 0 saturated heterocycles. The molecule has 0 radical (unpaired) electrons. The maximum Gasteiger partial charge on any atom is 0.0625 e. The second-order valence-corrected chi connectivity index (χ2v) is 26.9. The molecule has 2 aliphatic carbocycles. The fraction of sp³-hybridized carbons (Fsp3) is 0. The molecule has 0 spiro atoms. The van der Waals surface area contributed by atoms with Gasteiger partial charge in [0, 0.05) is 21.8 Å². The van der Waals surface area contributed by atoms with E-state index < -0.39 is 0 Å². The average molecular weight is 1250 g/mol. The summed E-state index contributed by atoms with van der Waals surface area (Å²) in [5, 5.41) is 23.2. The molecule has 0 aliphatic heterocycles. The molecule has 1 heteroatoms. The molecular weight excluding hydrogens is 1190 g/mol. The molecule has 0 atom stereocenters. The molecule has 0 N–H and O–H groups in total. The van der Waals surface area contributed by atoms with E-state index in [1.165, 1.54) is 214 Å². The van der Waals surface area contributed by atoms with Crippen molar-refractivity contribution in [2.45, 2.75) is 0 Å². The van der Waals surface area contributed by atoms with E-state index in [0.717, 1.165) is 0 Å². The smallest absolute Gasteiger partial charge is 0.0625 e. The van der Waals surface area contributed by atoms with Gasteiger partial charge in [-0.1, -0.05) is 297 Å². The molecule has 22 rings (SSSR count). The van der Waals surface area contributed by atoms with Gasteiger partial charge in [0.2, 0.25) is 0 Å². The lowest BCUT2D eigenvalue weighted by Gasteiger charge is -2.19. The number of aromatic nitrogens is 1. The monoisotopic (exact) mass is 1250 g/mol. The molecule has 1 heterocycles. The van der Waals surface area contributed by atoms with Crippen LogP contribution in [0, 0.1) is 0 Å². The molecule has 0 amide bonds. The zero-order valence-electron chi connectivity index (χ0n) is 54.0. The SMILES string of the molecule is c1ccc2c(c1)-c1cccc3cc(-c4ccc(-c5ccc6c(-c7ccc8ccccc8c7)c7ccccc7c(-c7ccc8ccccc8c7)c6c5)cc4)cc-2c13.c1ccc2c(c1)-c1cccc3cc(-c4ccc(-n5c6ccccc6c6c7ccccc7c7ccccc7c65)cc4)cc-2c13. The van der Waals surface area contributed by atoms with E-state index in [9.17, 15) is 0 Å². The van der Waals surface area contributed by atoms with E-state index in [2.05, 4.69) is 362 Å². The second kappa shape index (κ2) is 21.8. The maximum atomic E-state index is 2.46. The number of nitrogens with zero attached hydrogens (tertiary/aromatic N) is 1. The molecule has 456 valence electrons. The van der Waals surface area contributed by atoms with Crippen molar-refractivity contribution in [1.82, 2.24) is 4.57 Å². The van der Waals surface area contributed by atoms with E-state index in [4.69, 9.17) is 0 Å². The van der Waals surface area contributed by atoms with Crippen LogP contribution >= 0.6 is 0 Å². The lowest BCUT2D eigenvalue weighted by Crippen LogP contribution is -1.95. The van der Waals surface area contributed by atoms with Crippen molar-refractivity contribution in [3.8, 4) is 106 Å². The highest BCUT2D eigenvalue weighted by Crippen LogP contribution is 2.52. The third kappa shape index (κ3) is 8.54. The molecule has 0 bridgehead atoms. The summed E-state index contributed by atoms with van der Waals surface area (Å²) in [5.74, 6) is 0. The summed E-state index contributed by atoms with van der Waals surface area (Å²) in [5.41, 5.74) is 26.7. The first-order chi connectivity index (χ1) is 49.1. The Bertz CT molecular complexity index is 6820. The van der Waals surface area contributed by atoms with Crippen molar-refractivity contribution in [1.29, 1.82) is 0 Å². The summed E-state index contributed by atoms with van der Waals surface area (Å²) < 4.78 is 2.46. The Morgan fingerprint density at radius 2 is 0.525 bits per heavy atom. The Morgan fingerprint density at radius 1 is 0.162 bits per heavy atom. The molecule has 0 unspecified atom stereocenters. The molecule has 20 aromatic rings. The molecule has 2 aliphatic rings. The van der Waals surface area contributed by atoms with E-state index in [-0.39, 0.29) is 0 Å². The predicted molar refractivity (Wildman–Crippen MR) is 423 cm³/mol. The molecule has 1 nitrogen and oxygen atoms in total. The number of hydrogen-bond donors (Lipinski definition) is 0. The van der Waals surface area contributed by atoms with Crippen LogP contribution in [0.15, 0.2) is 358 Å². The van der Waals surface area contributed by atoms with Crippen LogP contribution in [0.1, 0.15) is 0 Å². The Hall–Kier alpha value is -12.9. The lowest BCUT2D eigenvalue weighted by atomic mass is 9.84. The largest absolute Gasteiger partial charge is 0.309 e. The quantitative estimate of drug-likeness (QED) is 0.116. The summed E-state index contributed by atoms with van der Waals surface area (Å²) in [6, 6.07) is 133. The van der Waals surface area contributed by atoms with Gasteiger partial charge in [0.25, 0.3) is 0 Å². The highest BCUT2D eigenvalue weighted by atomic mass is 15.0. The first kappa shape index (κ1) is 55.4. The van der Waals surface area contributed by atoms with Crippen LogP contribution in [0.3, 0.4) is 0 Å². The molecule has 99 heavy (non-hydrogen) atoms. The van der Waals surface area contributed by atoms with Crippen LogP contribution < -0.4 is 0 Å². The number of para-hydroxylation sites is 1. The summed E-state index contributed by atoms with van der Waals surface area (Å²) in [6.45, 7) is 0. The molecule has 19 aromatic carbocycles. The minimum Gasteiger partial charge on any atom is -0.309 e. The van der Waals surface area contributed by atoms with Gasteiger partial charge in [0.05, 0.1) is 11.0 Å². The number of benzene rings is 19. The van der Waals surface area contributed by atoms with Crippen molar-refractivity contribution in [2.75, 3.05) is 0 Å². The van der Waals surface area contributed by atoms with Gasteiger partial charge in [-0.05, 0) is 242 Å². The average Bonchev–Trinajstić information content (AvgIpc) is 1.37. The summed E-state index contributed by atoms with van der Waals surface area (Å²) in [7, 11) is 0. The Kier molecular flexibility index (Phi) is 12.2. The highest BCUT2D eigenvalue weighted by Gasteiger charge is 2.26. The minimum absolute atomic E-state index is 1.17. The van der Waals surface area contributed by atoms with Gasteiger partial charge in [-0.3, -0.25) is 0 Å². The topological polar surface area (TPSA) is 4.93 Å². The molecule has 1 aromatic heterocycles. The first-order valence-electron chi connectivity index (χ1n) is 34.4. The summed E-state index contributed by atoms with van der Waals surface area (Å²) in [4.78, 5) is 0. The highest BCUT2D eigenvalue weighted by molar-refractivity contribution is 6.32. The zero-order valence-corrected chi connectivity index (χ0v) is 54.0. The minimum atomic E-state index is 1.17. The van der Waals surface area contributed by atoms with Crippen molar-refractivity contribution in [3.63, 3.8) is 0 Å². The van der Waals surface area contributed by atoms with Gasteiger partial charge < -0.3 is 4.57 Å². The van der Waals surface area contributed by atoms with Crippen LogP contribution in [0.2, 0.25) is 0 Å². The second-order valence-electron chi connectivity index (χ2n) is 26.9. The maximum absolute atomic E-state index is 2.46. The third-order valence-electron chi connectivity index (χ3n) is 21.6. The molecule has 0 saturated carbocycles. The Labute approximate surface area is 572 Å². The lowest BCUT2D eigenvalue weighted by molar-refractivity contribution is 1.19. The van der Waals surface area contributed by atoms with E-state index in [1.807, 2.05) is 0 Å². The van der Waals surface area contributed by atoms with Gasteiger partial charge in [-0.15, -0.1) is 0 Å². The van der Waals surface area contributed by atoms with Crippen molar-refractivity contribution in [3.05, 3.63) is 358 Å². The normalized spacial score (nSPS) is 12.0. The fourth-order valence-electron chi connectivity index (χ4n) is 17.2. The van der Waals surface area contributed by atoms with Crippen molar-refractivity contribution in [2.24, 2.45) is 0 Å². The van der Waals surface area contributed by atoms with Crippen LogP contribution in [0.5, 0.6) is 0 Å².